The van der Waals surface area contributed by atoms with E-state index in [0.717, 1.165) is 19.1 Å². The third-order valence-electron chi connectivity index (χ3n) is 4.04. The van der Waals surface area contributed by atoms with Crippen LogP contribution in [0.2, 0.25) is 0 Å². The van der Waals surface area contributed by atoms with Gasteiger partial charge in [-0.3, -0.25) is 0 Å². The molecule has 0 aromatic heterocycles. The quantitative estimate of drug-likeness (QED) is 0.863. The van der Waals surface area contributed by atoms with E-state index < -0.39 is 0 Å². The highest BCUT2D eigenvalue weighted by atomic mass is 16.5. The Balaban J connectivity index is 1.45. The van der Waals surface area contributed by atoms with Crippen molar-refractivity contribution in [3.8, 4) is 0 Å². The van der Waals surface area contributed by atoms with Gasteiger partial charge in [-0.15, -0.1) is 0 Å². The fraction of sp³-hybridized carbons (Fsp3) is 0.600. The second kappa shape index (κ2) is 5.19. The van der Waals surface area contributed by atoms with Crippen molar-refractivity contribution in [1.29, 1.82) is 0 Å². The van der Waals surface area contributed by atoms with Gasteiger partial charge in [-0.05, 0) is 37.2 Å². The molecule has 0 spiro atoms. The summed E-state index contributed by atoms with van der Waals surface area (Å²) in [4.78, 5) is 0. The molecule has 1 heterocycles. The standard InChI is InChI=1S/C15H21NO/c1-2-5-12(6-3-1)13-9-15(10-13)16-14-7-4-8-17-11-14/h1-3,5-6,13-16H,4,7-11H2. The van der Waals surface area contributed by atoms with Crippen molar-refractivity contribution < 1.29 is 4.74 Å². The van der Waals surface area contributed by atoms with E-state index in [0.29, 0.717) is 12.1 Å². The zero-order valence-corrected chi connectivity index (χ0v) is 10.3. The first-order chi connectivity index (χ1) is 8.42. The van der Waals surface area contributed by atoms with Crippen LogP contribution < -0.4 is 5.32 Å². The molecule has 2 nitrogen and oxygen atoms in total. The minimum atomic E-state index is 0.602. The van der Waals surface area contributed by atoms with Gasteiger partial charge in [0.2, 0.25) is 0 Å². The molecule has 1 aliphatic heterocycles. The summed E-state index contributed by atoms with van der Waals surface area (Å²) in [5, 5.41) is 3.73. The number of nitrogens with one attached hydrogen (secondary N) is 1. The van der Waals surface area contributed by atoms with Crippen LogP contribution in [0.1, 0.15) is 37.2 Å². The molecule has 1 N–H and O–H groups in total. The van der Waals surface area contributed by atoms with E-state index in [9.17, 15) is 0 Å². The highest BCUT2D eigenvalue weighted by Crippen LogP contribution is 2.37. The Morgan fingerprint density at radius 3 is 2.59 bits per heavy atom. The molecule has 1 aliphatic carbocycles. The van der Waals surface area contributed by atoms with Gasteiger partial charge in [0, 0.05) is 18.7 Å². The zero-order chi connectivity index (χ0) is 11.5. The van der Waals surface area contributed by atoms with E-state index in [2.05, 4.69) is 35.6 Å². The van der Waals surface area contributed by atoms with Gasteiger partial charge >= 0.3 is 0 Å². The summed E-state index contributed by atoms with van der Waals surface area (Å²) >= 11 is 0. The second-order valence-electron chi connectivity index (χ2n) is 5.36. The topological polar surface area (TPSA) is 21.3 Å². The van der Waals surface area contributed by atoms with Gasteiger partial charge in [0.15, 0.2) is 0 Å². The molecule has 1 aromatic rings. The summed E-state index contributed by atoms with van der Waals surface area (Å²) in [6.07, 6.45) is 5.08. The number of benzene rings is 1. The van der Waals surface area contributed by atoms with E-state index in [1.54, 1.807) is 0 Å². The molecule has 1 saturated carbocycles. The van der Waals surface area contributed by atoms with E-state index in [-0.39, 0.29) is 0 Å². The number of hydrogen-bond acceptors (Lipinski definition) is 2. The molecular formula is C15H21NO. The monoisotopic (exact) mass is 231 g/mol. The smallest absolute Gasteiger partial charge is 0.0619 e. The minimum Gasteiger partial charge on any atom is -0.380 e. The molecule has 1 unspecified atom stereocenters. The Hall–Kier alpha value is -0.860. The third kappa shape index (κ3) is 2.70. The minimum absolute atomic E-state index is 0.602. The molecule has 17 heavy (non-hydrogen) atoms. The van der Waals surface area contributed by atoms with Gasteiger partial charge in [0.1, 0.15) is 0 Å². The van der Waals surface area contributed by atoms with E-state index in [4.69, 9.17) is 4.74 Å². The molecule has 92 valence electrons. The molecule has 0 bridgehead atoms. The van der Waals surface area contributed by atoms with E-state index >= 15 is 0 Å². The lowest BCUT2D eigenvalue weighted by atomic mass is 9.75. The summed E-state index contributed by atoms with van der Waals surface area (Å²) in [5.41, 5.74) is 1.51. The van der Waals surface area contributed by atoms with Crippen molar-refractivity contribution >= 4 is 0 Å². The molecule has 0 amide bonds. The van der Waals surface area contributed by atoms with Crippen LogP contribution in [-0.2, 0) is 4.74 Å². The van der Waals surface area contributed by atoms with Crippen molar-refractivity contribution in [3.05, 3.63) is 35.9 Å². The fourth-order valence-electron chi connectivity index (χ4n) is 2.96. The molecule has 1 aromatic carbocycles. The average Bonchev–Trinajstić information content (AvgIpc) is 2.36. The lowest BCUT2D eigenvalue weighted by molar-refractivity contribution is 0.0600. The highest BCUT2D eigenvalue weighted by Gasteiger charge is 2.31. The van der Waals surface area contributed by atoms with Crippen molar-refractivity contribution in [2.45, 2.75) is 43.7 Å². The number of ether oxygens (including phenoxy) is 1. The number of hydrogen-bond donors (Lipinski definition) is 1. The Labute approximate surface area is 103 Å². The average molecular weight is 231 g/mol. The SMILES string of the molecule is c1ccc(C2CC(NC3CCCOC3)C2)cc1. The highest BCUT2D eigenvalue weighted by molar-refractivity contribution is 5.22. The lowest BCUT2D eigenvalue weighted by Crippen LogP contribution is -2.48. The molecule has 2 aliphatic rings. The van der Waals surface area contributed by atoms with Crippen molar-refractivity contribution in [2.24, 2.45) is 0 Å². The van der Waals surface area contributed by atoms with Gasteiger partial charge in [0.05, 0.1) is 6.61 Å². The largest absolute Gasteiger partial charge is 0.380 e. The summed E-state index contributed by atoms with van der Waals surface area (Å²) in [6, 6.07) is 12.2. The van der Waals surface area contributed by atoms with Crippen LogP contribution in [0.15, 0.2) is 30.3 Å². The molecule has 1 saturated heterocycles. The van der Waals surface area contributed by atoms with Gasteiger partial charge in [-0.25, -0.2) is 0 Å². The Morgan fingerprint density at radius 1 is 1.06 bits per heavy atom. The van der Waals surface area contributed by atoms with Crippen LogP contribution in [0.3, 0.4) is 0 Å². The van der Waals surface area contributed by atoms with E-state index in [1.807, 2.05) is 0 Å². The molecule has 3 rings (SSSR count). The Kier molecular flexibility index (Phi) is 3.44. The first-order valence-corrected chi connectivity index (χ1v) is 6.80. The van der Waals surface area contributed by atoms with Crippen molar-refractivity contribution in [2.75, 3.05) is 13.2 Å². The Morgan fingerprint density at radius 2 is 1.88 bits per heavy atom. The van der Waals surface area contributed by atoms with Crippen molar-refractivity contribution in [3.63, 3.8) is 0 Å². The predicted molar refractivity (Wildman–Crippen MR) is 69.2 cm³/mol. The second-order valence-corrected chi connectivity index (χ2v) is 5.36. The number of rotatable bonds is 3. The van der Waals surface area contributed by atoms with Gasteiger partial charge < -0.3 is 10.1 Å². The van der Waals surface area contributed by atoms with Crippen LogP contribution in [0.25, 0.3) is 0 Å². The van der Waals surface area contributed by atoms with Gasteiger partial charge in [0.25, 0.3) is 0 Å². The molecule has 2 heteroatoms. The third-order valence-corrected chi connectivity index (χ3v) is 4.04. The fourth-order valence-corrected chi connectivity index (χ4v) is 2.96. The first kappa shape index (κ1) is 11.2. The van der Waals surface area contributed by atoms with Crippen LogP contribution in [0, 0.1) is 0 Å². The molecular weight excluding hydrogens is 210 g/mol. The summed E-state index contributed by atoms with van der Waals surface area (Å²) < 4.78 is 5.50. The summed E-state index contributed by atoms with van der Waals surface area (Å²) in [6.45, 7) is 1.86. The maximum absolute atomic E-state index is 5.50. The van der Waals surface area contributed by atoms with Crippen LogP contribution in [-0.4, -0.2) is 25.3 Å². The van der Waals surface area contributed by atoms with Gasteiger partial charge in [-0.2, -0.15) is 0 Å². The van der Waals surface area contributed by atoms with Crippen molar-refractivity contribution in [1.82, 2.24) is 5.32 Å². The summed E-state index contributed by atoms with van der Waals surface area (Å²) in [7, 11) is 0. The molecule has 2 fully saturated rings. The lowest BCUT2D eigenvalue weighted by Gasteiger charge is -2.39. The summed E-state index contributed by atoms with van der Waals surface area (Å²) in [5.74, 6) is 0.776. The zero-order valence-electron chi connectivity index (χ0n) is 10.3. The first-order valence-electron chi connectivity index (χ1n) is 6.80. The Bertz CT molecular complexity index is 339. The normalized spacial score (nSPS) is 33.1. The van der Waals surface area contributed by atoms with Gasteiger partial charge in [-0.1, -0.05) is 30.3 Å². The predicted octanol–water partition coefficient (Wildman–Crippen LogP) is 2.70. The molecule has 1 atom stereocenters. The maximum Gasteiger partial charge on any atom is 0.0619 e. The van der Waals surface area contributed by atoms with Crippen LogP contribution in [0.4, 0.5) is 0 Å². The maximum atomic E-state index is 5.50. The van der Waals surface area contributed by atoms with E-state index in [1.165, 1.54) is 31.2 Å². The van der Waals surface area contributed by atoms with Crippen LogP contribution >= 0.6 is 0 Å². The molecule has 0 radical (unpaired) electrons. The van der Waals surface area contributed by atoms with Crippen LogP contribution in [0.5, 0.6) is 0 Å².